The third-order valence-electron chi connectivity index (χ3n) is 2.22. The van der Waals surface area contributed by atoms with Gasteiger partial charge in [-0.1, -0.05) is 0 Å². The quantitative estimate of drug-likeness (QED) is 0.744. The Balaban J connectivity index is 2.17. The largest absolute Gasteiger partial charge is 0.452 e. The number of aromatic amines is 1. The number of nitrogens with two attached hydrogens (primary N) is 1. The van der Waals surface area contributed by atoms with Gasteiger partial charge in [0.25, 0.3) is 0 Å². The molecule has 0 aromatic carbocycles. The van der Waals surface area contributed by atoms with E-state index in [-0.39, 0.29) is 22.7 Å². The molecule has 0 fully saturated rings. The van der Waals surface area contributed by atoms with Crippen LogP contribution in [0.5, 0.6) is 0 Å². The highest BCUT2D eigenvalue weighted by Crippen LogP contribution is 2.25. The molecule has 0 spiro atoms. The molecule has 4 N–H and O–H groups in total. The second kappa shape index (κ2) is 5.22. The van der Waals surface area contributed by atoms with Gasteiger partial charge in [0.05, 0.1) is 12.7 Å². The zero-order valence-electron chi connectivity index (χ0n) is 9.18. The molecule has 2 heterocycles. The van der Waals surface area contributed by atoms with E-state index in [1.165, 1.54) is 12.3 Å². The molecular weight excluding hydrogens is 324 g/mol. The number of rotatable bonds is 5. The van der Waals surface area contributed by atoms with E-state index >= 15 is 0 Å². The van der Waals surface area contributed by atoms with Gasteiger partial charge in [-0.05, 0) is 15.9 Å². The van der Waals surface area contributed by atoms with Crippen LogP contribution in [0.15, 0.2) is 32.4 Å². The number of aromatic nitrogens is 2. The maximum absolute atomic E-state index is 12.0. The van der Waals surface area contributed by atoms with Gasteiger partial charge in [-0.15, -0.1) is 0 Å². The second-order valence-electron chi connectivity index (χ2n) is 3.49. The van der Waals surface area contributed by atoms with Gasteiger partial charge in [-0.3, -0.25) is 5.10 Å². The lowest BCUT2D eigenvalue weighted by Crippen LogP contribution is -2.22. The SMILES string of the molecule is NCc1cc(S(=O)(=O)NCc2cn[nH]c2)c(Br)o1. The fourth-order valence-corrected chi connectivity index (χ4v) is 3.33. The predicted octanol–water partition coefficient (Wildman–Crippen LogP) is 0.702. The van der Waals surface area contributed by atoms with Crippen LogP contribution in [0.4, 0.5) is 0 Å². The number of H-pyrrole nitrogens is 1. The topological polar surface area (TPSA) is 114 Å². The minimum atomic E-state index is -3.64. The normalized spacial score (nSPS) is 11.9. The lowest BCUT2D eigenvalue weighted by Gasteiger charge is -2.02. The van der Waals surface area contributed by atoms with Crippen molar-refractivity contribution in [2.75, 3.05) is 0 Å². The van der Waals surface area contributed by atoms with Crippen molar-refractivity contribution in [3.8, 4) is 0 Å². The Hall–Kier alpha value is -1.16. The van der Waals surface area contributed by atoms with Crippen molar-refractivity contribution in [2.24, 2.45) is 5.73 Å². The lowest BCUT2D eigenvalue weighted by molar-refractivity contribution is 0.483. The average molecular weight is 335 g/mol. The maximum Gasteiger partial charge on any atom is 0.245 e. The van der Waals surface area contributed by atoms with Crippen LogP contribution in [0.1, 0.15) is 11.3 Å². The standard InChI is InChI=1S/C9H11BrN4O3S/c10-9-8(1-7(2-11)17-9)18(15,16)14-5-6-3-12-13-4-6/h1,3-4,14H,2,5,11H2,(H,12,13). The molecule has 0 atom stereocenters. The van der Waals surface area contributed by atoms with Gasteiger partial charge < -0.3 is 10.2 Å². The van der Waals surface area contributed by atoms with E-state index in [1.54, 1.807) is 6.20 Å². The van der Waals surface area contributed by atoms with Crippen LogP contribution in [0, 0.1) is 0 Å². The summed E-state index contributed by atoms with van der Waals surface area (Å²) in [7, 11) is -3.64. The summed E-state index contributed by atoms with van der Waals surface area (Å²) in [5, 5.41) is 6.33. The summed E-state index contributed by atoms with van der Waals surface area (Å²) in [6.07, 6.45) is 3.15. The number of hydrogen-bond donors (Lipinski definition) is 3. The molecule has 0 amide bonds. The lowest BCUT2D eigenvalue weighted by atomic mass is 10.4. The Morgan fingerprint density at radius 3 is 2.89 bits per heavy atom. The highest BCUT2D eigenvalue weighted by molar-refractivity contribution is 9.10. The summed E-state index contributed by atoms with van der Waals surface area (Å²) >= 11 is 3.05. The van der Waals surface area contributed by atoms with Crippen molar-refractivity contribution in [1.29, 1.82) is 0 Å². The van der Waals surface area contributed by atoms with Gasteiger partial charge in [0, 0.05) is 24.4 Å². The monoisotopic (exact) mass is 334 g/mol. The minimum absolute atomic E-state index is 0.0337. The molecule has 2 rings (SSSR count). The molecule has 0 saturated heterocycles. The molecule has 2 aromatic heterocycles. The number of hydrogen-bond acceptors (Lipinski definition) is 5. The third-order valence-corrected chi connectivity index (χ3v) is 4.48. The summed E-state index contributed by atoms with van der Waals surface area (Å²) < 4.78 is 31.7. The Labute approximate surface area is 112 Å². The van der Waals surface area contributed by atoms with Crippen LogP contribution in [0.2, 0.25) is 0 Å². The summed E-state index contributed by atoms with van der Waals surface area (Å²) in [5.41, 5.74) is 6.12. The first-order valence-corrected chi connectivity index (χ1v) is 7.26. The first-order chi connectivity index (χ1) is 8.53. The Bertz CT molecular complexity index is 620. The van der Waals surface area contributed by atoms with Crippen molar-refractivity contribution in [1.82, 2.24) is 14.9 Å². The van der Waals surface area contributed by atoms with Gasteiger partial charge in [0.15, 0.2) is 4.67 Å². The van der Waals surface area contributed by atoms with Crippen LogP contribution in [-0.2, 0) is 23.1 Å². The molecule has 0 radical (unpaired) electrons. The fraction of sp³-hybridized carbons (Fsp3) is 0.222. The molecule has 0 bridgehead atoms. The van der Waals surface area contributed by atoms with E-state index in [9.17, 15) is 8.42 Å². The molecule has 0 aliphatic heterocycles. The molecule has 7 nitrogen and oxygen atoms in total. The minimum Gasteiger partial charge on any atom is -0.452 e. The molecule has 98 valence electrons. The number of furan rings is 1. The third kappa shape index (κ3) is 2.80. The molecule has 18 heavy (non-hydrogen) atoms. The van der Waals surface area contributed by atoms with Crippen molar-refractivity contribution in [3.63, 3.8) is 0 Å². The van der Waals surface area contributed by atoms with Gasteiger partial charge in [-0.25, -0.2) is 13.1 Å². The predicted molar refractivity (Wildman–Crippen MR) is 66.9 cm³/mol. The summed E-state index contributed by atoms with van der Waals surface area (Å²) in [6.45, 7) is 0.282. The zero-order valence-corrected chi connectivity index (χ0v) is 11.6. The van der Waals surface area contributed by atoms with Crippen LogP contribution in [0.3, 0.4) is 0 Å². The molecule has 9 heteroatoms. The molecule has 0 saturated carbocycles. The van der Waals surface area contributed by atoms with E-state index in [4.69, 9.17) is 10.2 Å². The van der Waals surface area contributed by atoms with Gasteiger partial charge in [0.2, 0.25) is 10.0 Å². The molecular formula is C9H11BrN4O3S. The van der Waals surface area contributed by atoms with Gasteiger partial charge in [-0.2, -0.15) is 5.10 Å². The van der Waals surface area contributed by atoms with Crippen LogP contribution in [-0.4, -0.2) is 18.6 Å². The number of nitrogens with zero attached hydrogens (tertiary/aromatic N) is 1. The fourth-order valence-electron chi connectivity index (χ4n) is 1.31. The number of nitrogens with one attached hydrogen (secondary N) is 2. The smallest absolute Gasteiger partial charge is 0.245 e. The van der Waals surface area contributed by atoms with Crippen molar-refractivity contribution in [3.05, 3.63) is 34.5 Å². The van der Waals surface area contributed by atoms with Gasteiger partial charge >= 0.3 is 0 Å². The van der Waals surface area contributed by atoms with E-state index < -0.39 is 10.0 Å². The zero-order chi connectivity index (χ0) is 13.2. The highest BCUT2D eigenvalue weighted by Gasteiger charge is 2.21. The van der Waals surface area contributed by atoms with Crippen LogP contribution in [0.25, 0.3) is 0 Å². The maximum atomic E-state index is 12.0. The van der Waals surface area contributed by atoms with Crippen molar-refractivity contribution >= 4 is 26.0 Å². The molecule has 0 unspecified atom stereocenters. The second-order valence-corrected chi connectivity index (χ2v) is 5.94. The first kappa shape index (κ1) is 13.3. The van der Waals surface area contributed by atoms with Crippen LogP contribution >= 0.6 is 15.9 Å². The van der Waals surface area contributed by atoms with E-state index in [0.29, 0.717) is 5.76 Å². The summed E-state index contributed by atoms with van der Waals surface area (Å²) in [6, 6.07) is 1.39. The summed E-state index contributed by atoms with van der Waals surface area (Å²) in [5.74, 6) is 0.394. The van der Waals surface area contributed by atoms with E-state index in [0.717, 1.165) is 5.56 Å². The van der Waals surface area contributed by atoms with Crippen molar-refractivity contribution < 1.29 is 12.8 Å². The van der Waals surface area contributed by atoms with Gasteiger partial charge in [0.1, 0.15) is 10.7 Å². The Morgan fingerprint density at radius 2 is 2.33 bits per heavy atom. The van der Waals surface area contributed by atoms with Crippen molar-refractivity contribution in [2.45, 2.75) is 18.0 Å². The molecule has 2 aromatic rings. The number of halogens is 1. The summed E-state index contributed by atoms with van der Waals surface area (Å²) in [4.78, 5) is 0.0337. The van der Waals surface area contributed by atoms with E-state index in [2.05, 4.69) is 30.8 Å². The molecule has 0 aliphatic rings. The highest BCUT2D eigenvalue weighted by atomic mass is 79.9. The van der Waals surface area contributed by atoms with E-state index in [1.807, 2.05) is 0 Å². The average Bonchev–Trinajstić information content (AvgIpc) is 2.95. The molecule has 0 aliphatic carbocycles. The Kier molecular flexibility index (Phi) is 3.85. The Morgan fingerprint density at radius 1 is 1.56 bits per heavy atom. The first-order valence-electron chi connectivity index (χ1n) is 4.98. The van der Waals surface area contributed by atoms with Crippen LogP contribution < -0.4 is 10.5 Å². The number of sulfonamides is 1.